The highest BCUT2D eigenvalue weighted by Gasteiger charge is 2.34. The zero-order chi connectivity index (χ0) is 20.4. The van der Waals surface area contributed by atoms with E-state index in [1.807, 2.05) is 22.9 Å². The molecule has 1 aliphatic carbocycles. The van der Waals surface area contributed by atoms with E-state index < -0.39 is 0 Å². The van der Waals surface area contributed by atoms with Crippen molar-refractivity contribution >= 4 is 45.5 Å². The summed E-state index contributed by atoms with van der Waals surface area (Å²) >= 11 is 2.80. The fourth-order valence-corrected chi connectivity index (χ4v) is 5.44. The normalized spacial score (nSPS) is 19.1. The van der Waals surface area contributed by atoms with Gasteiger partial charge < -0.3 is 15.0 Å². The lowest BCUT2D eigenvalue weighted by Gasteiger charge is -2.31. The lowest BCUT2D eigenvalue weighted by Crippen LogP contribution is -2.43. The fourth-order valence-electron chi connectivity index (χ4n) is 3.72. The molecule has 1 saturated heterocycles. The smallest absolute Gasteiger partial charge is 0.341 e. The Labute approximate surface area is 177 Å². The summed E-state index contributed by atoms with van der Waals surface area (Å²) in [7, 11) is 0. The number of amides is 2. The monoisotopic (exact) mass is 432 g/mol. The molecule has 1 N–H and O–H groups in total. The minimum atomic E-state index is -0.371. The van der Waals surface area contributed by atoms with E-state index in [2.05, 4.69) is 5.32 Å². The molecular weight excluding hydrogens is 408 g/mol. The zero-order valence-corrected chi connectivity index (χ0v) is 17.9. The van der Waals surface area contributed by atoms with Gasteiger partial charge in [-0.05, 0) is 60.9 Å². The molecule has 2 aliphatic rings. The lowest BCUT2D eigenvalue weighted by atomic mass is 9.97. The van der Waals surface area contributed by atoms with Crippen LogP contribution in [0.4, 0.5) is 5.00 Å². The number of rotatable bonds is 6. The predicted octanol–water partition coefficient (Wildman–Crippen LogP) is 4.35. The van der Waals surface area contributed by atoms with Gasteiger partial charge in [0.05, 0.1) is 23.0 Å². The van der Waals surface area contributed by atoms with Crippen LogP contribution in [0.25, 0.3) is 0 Å². The number of hydrogen-bond donors (Lipinski definition) is 1. The van der Waals surface area contributed by atoms with Crippen LogP contribution in [-0.2, 0) is 9.53 Å². The second-order valence-electron chi connectivity index (χ2n) is 7.45. The predicted molar refractivity (Wildman–Crippen MR) is 114 cm³/mol. The van der Waals surface area contributed by atoms with Crippen molar-refractivity contribution in [2.75, 3.05) is 25.0 Å². The summed E-state index contributed by atoms with van der Waals surface area (Å²) in [4.78, 5) is 40.5. The third kappa shape index (κ3) is 4.38. The van der Waals surface area contributed by atoms with Crippen LogP contribution >= 0.6 is 22.7 Å². The molecule has 154 valence electrons. The Morgan fingerprint density at radius 2 is 2.07 bits per heavy atom. The Kier molecular flexibility index (Phi) is 6.01. The zero-order valence-electron chi connectivity index (χ0n) is 16.3. The maximum absolute atomic E-state index is 13.0. The highest BCUT2D eigenvalue weighted by Crippen LogP contribution is 2.46. The Morgan fingerprint density at radius 3 is 2.76 bits per heavy atom. The van der Waals surface area contributed by atoms with E-state index in [1.54, 1.807) is 11.8 Å². The van der Waals surface area contributed by atoms with Gasteiger partial charge in [0.1, 0.15) is 5.00 Å². The molecule has 2 amide bonds. The van der Waals surface area contributed by atoms with E-state index in [9.17, 15) is 14.4 Å². The van der Waals surface area contributed by atoms with Gasteiger partial charge in [0.25, 0.3) is 5.91 Å². The number of anilines is 1. The fraction of sp³-hybridized carbons (Fsp3) is 0.476. The van der Waals surface area contributed by atoms with Gasteiger partial charge in [-0.25, -0.2) is 4.79 Å². The van der Waals surface area contributed by atoms with Gasteiger partial charge in [-0.1, -0.05) is 6.07 Å². The summed E-state index contributed by atoms with van der Waals surface area (Å²) in [5.41, 5.74) is 1.50. The quantitative estimate of drug-likeness (QED) is 0.689. The van der Waals surface area contributed by atoms with Crippen LogP contribution in [-0.4, -0.2) is 42.4 Å². The molecule has 1 unspecified atom stereocenters. The molecule has 1 saturated carbocycles. The SMILES string of the molecule is CCOC(=O)c1c(C2CC2)csc1NC(=O)C1CCCN(C(=O)c2cccs2)C1. The van der Waals surface area contributed by atoms with Gasteiger partial charge >= 0.3 is 5.97 Å². The molecule has 1 aliphatic heterocycles. The van der Waals surface area contributed by atoms with E-state index in [4.69, 9.17) is 4.74 Å². The number of likely N-dealkylation sites (tertiary alicyclic amines) is 1. The largest absolute Gasteiger partial charge is 0.462 e. The highest BCUT2D eigenvalue weighted by atomic mass is 32.1. The van der Waals surface area contributed by atoms with Gasteiger partial charge in [-0.3, -0.25) is 9.59 Å². The molecule has 0 aromatic carbocycles. The first-order valence-electron chi connectivity index (χ1n) is 10.0. The second kappa shape index (κ2) is 8.67. The Bertz CT molecular complexity index is 902. The number of piperidine rings is 1. The third-order valence-electron chi connectivity index (χ3n) is 5.36. The molecule has 0 spiro atoms. The van der Waals surface area contributed by atoms with Crippen molar-refractivity contribution in [2.24, 2.45) is 5.92 Å². The Morgan fingerprint density at radius 1 is 1.24 bits per heavy atom. The van der Waals surface area contributed by atoms with Crippen LogP contribution in [0.3, 0.4) is 0 Å². The van der Waals surface area contributed by atoms with E-state index >= 15 is 0 Å². The molecule has 2 fully saturated rings. The summed E-state index contributed by atoms with van der Waals surface area (Å²) in [5, 5.41) is 7.37. The first kappa shape index (κ1) is 20.1. The maximum Gasteiger partial charge on any atom is 0.341 e. The molecule has 1 atom stereocenters. The number of nitrogens with one attached hydrogen (secondary N) is 1. The van der Waals surface area contributed by atoms with Crippen molar-refractivity contribution in [1.29, 1.82) is 0 Å². The van der Waals surface area contributed by atoms with Crippen LogP contribution in [0.15, 0.2) is 22.9 Å². The summed E-state index contributed by atoms with van der Waals surface area (Å²) in [5.74, 6) is -0.413. The molecule has 3 heterocycles. The van der Waals surface area contributed by atoms with E-state index in [0.717, 1.165) is 31.2 Å². The number of hydrogen-bond acceptors (Lipinski definition) is 6. The first-order chi connectivity index (χ1) is 14.1. The molecule has 0 radical (unpaired) electrons. The van der Waals surface area contributed by atoms with Crippen LogP contribution in [0.2, 0.25) is 0 Å². The molecule has 8 heteroatoms. The summed E-state index contributed by atoms with van der Waals surface area (Å²) in [6.07, 6.45) is 3.66. The van der Waals surface area contributed by atoms with Crippen molar-refractivity contribution < 1.29 is 19.1 Å². The topological polar surface area (TPSA) is 75.7 Å². The summed E-state index contributed by atoms with van der Waals surface area (Å²) < 4.78 is 5.23. The highest BCUT2D eigenvalue weighted by molar-refractivity contribution is 7.15. The average Bonchev–Trinajstić information content (AvgIpc) is 3.26. The van der Waals surface area contributed by atoms with Crippen molar-refractivity contribution in [3.8, 4) is 0 Å². The van der Waals surface area contributed by atoms with Crippen LogP contribution in [0, 0.1) is 5.92 Å². The van der Waals surface area contributed by atoms with Gasteiger partial charge in [0.2, 0.25) is 5.91 Å². The summed E-state index contributed by atoms with van der Waals surface area (Å²) in [6, 6.07) is 3.67. The molecule has 4 rings (SSSR count). The maximum atomic E-state index is 13.0. The molecular formula is C21H24N2O4S2. The minimum absolute atomic E-state index is 0.0168. The van der Waals surface area contributed by atoms with Crippen molar-refractivity contribution in [1.82, 2.24) is 4.90 Å². The molecule has 2 aromatic heterocycles. The van der Waals surface area contributed by atoms with Gasteiger partial charge in [-0.15, -0.1) is 22.7 Å². The van der Waals surface area contributed by atoms with Crippen LogP contribution in [0.5, 0.6) is 0 Å². The average molecular weight is 433 g/mol. The number of nitrogens with zero attached hydrogens (tertiary/aromatic N) is 1. The second-order valence-corrected chi connectivity index (χ2v) is 9.27. The lowest BCUT2D eigenvalue weighted by molar-refractivity contribution is -0.121. The van der Waals surface area contributed by atoms with Crippen molar-refractivity contribution in [3.05, 3.63) is 38.9 Å². The molecule has 0 bridgehead atoms. The standard InChI is InChI=1S/C21H24N2O4S2/c1-2-27-21(26)17-15(13-7-8-13)12-29-19(17)22-18(24)14-5-3-9-23(11-14)20(25)16-6-4-10-28-16/h4,6,10,12-14H,2-3,5,7-9,11H2,1H3,(H,22,24). The number of thiophene rings is 2. The van der Waals surface area contributed by atoms with Gasteiger partial charge in [-0.2, -0.15) is 0 Å². The van der Waals surface area contributed by atoms with Crippen molar-refractivity contribution in [3.63, 3.8) is 0 Å². The van der Waals surface area contributed by atoms with E-state index in [1.165, 1.54) is 22.7 Å². The van der Waals surface area contributed by atoms with Gasteiger partial charge in [0.15, 0.2) is 0 Å². The number of ether oxygens (including phenoxy) is 1. The van der Waals surface area contributed by atoms with E-state index in [0.29, 0.717) is 41.1 Å². The number of esters is 1. The summed E-state index contributed by atoms with van der Waals surface area (Å²) in [6.45, 7) is 3.15. The first-order valence-corrected chi connectivity index (χ1v) is 11.8. The Balaban J connectivity index is 1.46. The van der Waals surface area contributed by atoms with Crippen LogP contribution in [0.1, 0.15) is 64.1 Å². The van der Waals surface area contributed by atoms with E-state index in [-0.39, 0.29) is 23.7 Å². The molecule has 2 aromatic rings. The van der Waals surface area contributed by atoms with Crippen molar-refractivity contribution in [2.45, 2.75) is 38.5 Å². The number of carbonyl (C=O) groups excluding carboxylic acids is 3. The number of carbonyl (C=O) groups is 3. The Hall–Kier alpha value is -2.19. The third-order valence-corrected chi connectivity index (χ3v) is 7.14. The molecule has 29 heavy (non-hydrogen) atoms. The van der Waals surface area contributed by atoms with Crippen LogP contribution < -0.4 is 5.32 Å². The van der Waals surface area contributed by atoms with Gasteiger partial charge in [0, 0.05) is 13.1 Å². The minimum Gasteiger partial charge on any atom is -0.462 e. The molecule has 6 nitrogen and oxygen atoms in total.